The fraction of sp³-hybridized carbons (Fsp3) is 0.529. The Bertz CT molecular complexity index is 542. The van der Waals surface area contributed by atoms with Gasteiger partial charge in [0.05, 0.1) is 19.1 Å². The third-order valence-electron chi connectivity index (χ3n) is 4.38. The van der Waals surface area contributed by atoms with Crippen LogP contribution in [0.2, 0.25) is 0 Å². The summed E-state index contributed by atoms with van der Waals surface area (Å²) in [5.41, 5.74) is 1.18. The van der Waals surface area contributed by atoms with Crippen molar-refractivity contribution in [2.24, 2.45) is 5.41 Å². The summed E-state index contributed by atoms with van der Waals surface area (Å²) in [5, 5.41) is 9.13. The molecule has 0 heterocycles. The number of Topliss-reactive ketones (excluding diaryl/α,β-unsaturated/α-hetero) is 1. The number of ether oxygens (including phenoxy) is 1. The average molecular weight is 290 g/mol. The number of carboxylic acids is 1. The number of aliphatic carboxylic acids is 1. The molecule has 21 heavy (non-hydrogen) atoms. The van der Waals surface area contributed by atoms with Crippen molar-refractivity contribution < 1.29 is 19.4 Å². The summed E-state index contributed by atoms with van der Waals surface area (Å²) in [5.74, 6) is -0.270. The molecule has 0 radical (unpaired) electrons. The number of rotatable bonds is 6. The SMILES string of the molecule is COc1ccc(C)cc1C(=O)CC1(CC(=O)O)CCCC1. The minimum absolute atomic E-state index is 0.0151. The van der Waals surface area contributed by atoms with Crippen LogP contribution in [0.5, 0.6) is 5.75 Å². The predicted octanol–water partition coefficient (Wildman–Crippen LogP) is 3.61. The Morgan fingerprint density at radius 2 is 1.90 bits per heavy atom. The Morgan fingerprint density at radius 3 is 2.48 bits per heavy atom. The van der Waals surface area contributed by atoms with E-state index in [0.717, 1.165) is 31.2 Å². The van der Waals surface area contributed by atoms with E-state index in [1.165, 1.54) is 0 Å². The van der Waals surface area contributed by atoms with Crippen molar-refractivity contribution in [3.8, 4) is 5.75 Å². The van der Waals surface area contributed by atoms with E-state index in [1.54, 1.807) is 13.2 Å². The Balaban J connectivity index is 2.23. The molecule has 1 aromatic carbocycles. The van der Waals surface area contributed by atoms with Gasteiger partial charge in [-0.1, -0.05) is 24.5 Å². The van der Waals surface area contributed by atoms with Gasteiger partial charge in [-0.2, -0.15) is 0 Å². The number of methoxy groups -OCH3 is 1. The maximum Gasteiger partial charge on any atom is 0.303 e. The maximum absolute atomic E-state index is 12.6. The molecule has 1 aromatic rings. The number of carbonyl (C=O) groups is 2. The van der Waals surface area contributed by atoms with Crippen LogP contribution >= 0.6 is 0 Å². The van der Waals surface area contributed by atoms with Crippen molar-refractivity contribution in [2.75, 3.05) is 7.11 Å². The van der Waals surface area contributed by atoms with Gasteiger partial charge in [-0.25, -0.2) is 0 Å². The number of benzene rings is 1. The molecule has 4 nitrogen and oxygen atoms in total. The van der Waals surface area contributed by atoms with E-state index in [2.05, 4.69) is 0 Å². The highest BCUT2D eigenvalue weighted by Crippen LogP contribution is 2.45. The summed E-state index contributed by atoms with van der Waals surface area (Å²) in [6, 6.07) is 5.52. The van der Waals surface area contributed by atoms with Crippen molar-refractivity contribution in [3.63, 3.8) is 0 Å². The van der Waals surface area contributed by atoms with Crippen LogP contribution in [0.15, 0.2) is 18.2 Å². The normalized spacial score (nSPS) is 16.7. The minimum Gasteiger partial charge on any atom is -0.496 e. The molecule has 1 fully saturated rings. The van der Waals surface area contributed by atoms with E-state index in [1.807, 2.05) is 19.1 Å². The first-order chi connectivity index (χ1) is 9.96. The molecule has 1 aliphatic carbocycles. The van der Waals surface area contributed by atoms with E-state index in [4.69, 9.17) is 9.84 Å². The monoisotopic (exact) mass is 290 g/mol. The molecule has 0 aromatic heterocycles. The molecule has 0 amide bonds. The second kappa shape index (κ2) is 6.29. The molecule has 1 aliphatic rings. The van der Waals surface area contributed by atoms with E-state index in [0.29, 0.717) is 17.7 Å². The first-order valence-electron chi connectivity index (χ1n) is 7.35. The smallest absolute Gasteiger partial charge is 0.303 e. The highest BCUT2D eigenvalue weighted by Gasteiger charge is 2.38. The van der Waals surface area contributed by atoms with E-state index in [-0.39, 0.29) is 17.6 Å². The van der Waals surface area contributed by atoms with Gasteiger partial charge >= 0.3 is 5.97 Å². The highest BCUT2D eigenvalue weighted by molar-refractivity contribution is 5.99. The maximum atomic E-state index is 12.6. The van der Waals surface area contributed by atoms with Crippen LogP contribution in [0.1, 0.15) is 54.4 Å². The predicted molar refractivity (Wildman–Crippen MR) is 79.8 cm³/mol. The summed E-state index contributed by atoms with van der Waals surface area (Å²) >= 11 is 0. The number of aryl methyl sites for hydroxylation is 1. The van der Waals surface area contributed by atoms with Gasteiger partial charge in [0, 0.05) is 6.42 Å². The van der Waals surface area contributed by atoms with Crippen LogP contribution < -0.4 is 4.74 Å². The molecule has 0 aliphatic heterocycles. The van der Waals surface area contributed by atoms with Gasteiger partial charge in [-0.05, 0) is 37.3 Å². The van der Waals surface area contributed by atoms with Crippen LogP contribution in [0.25, 0.3) is 0 Å². The summed E-state index contributed by atoms with van der Waals surface area (Å²) < 4.78 is 5.26. The van der Waals surface area contributed by atoms with Crippen LogP contribution in [-0.4, -0.2) is 24.0 Å². The average Bonchev–Trinajstić information content (AvgIpc) is 2.85. The van der Waals surface area contributed by atoms with Gasteiger partial charge in [0.15, 0.2) is 5.78 Å². The van der Waals surface area contributed by atoms with Crippen molar-refractivity contribution in [1.29, 1.82) is 0 Å². The lowest BCUT2D eigenvalue weighted by molar-refractivity contribution is -0.139. The molecule has 4 heteroatoms. The Morgan fingerprint density at radius 1 is 1.24 bits per heavy atom. The number of carboxylic acid groups (broad SMARTS) is 1. The zero-order chi connectivity index (χ0) is 15.5. The van der Waals surface area contributed by atoms with E-state index >= 15 is 0 Å². The minimum atomic E-state index is -0.819. The molecule has 1 saturated carbocycles. The number of hydrogen-bond donors (Lipinski definition) is 1. The zero-order valence-corrected chi connectivity index (χ0v) is 12.6. The number of hydrogen-bond acceptors (Lipinski definition) is 3. The van der Waals surface area contributed by atoms with Crippen molar-refractivity contribution in [2.45, 2.75) is 45.4 Å². The third-order valence-corrected chi connectivity index (χ3v) is 4.38. The first-order valence-corrected chi connectivity index (χ1v) is 7.35. The van der Waals surface area contributed by atoms with Gasteiger partial charge in [-0.3, -0.25) is 9.59 Å². The molecule has 2 rings (SSSR count). The zero-order valence-electron chi connectivity index (χ0n) is 12.6. The van der Waals surface area contributed by atoms with Crippen molar-refractivity contribution >= 4 is 11.8 Å². The van der Waals surface area contributed by atoms with Gasteiger partial charge in [0.2, 0.25) is 0 Å². The van der Waals surface area contributed by atoms with Gasteiger partial charge in [0.1, 0.15) is 5.75 Å². The van der Waals surface area contributed by atoms with Crippen molar-refractivity contribution in [1.82, 2.24) is 0 Å². The molecule has 1 N–H and O–H groups in total. The molecule has 0 bridgehead atoms. The quantitative estimate of drug-likeness (QED) is 0.813. The molecule has 0 saturated heterocycles. The highest BCUT2D eigenvalue weighted by atomic mass is 16.5. The van der Waals surface area contributed by atoms with Gasteiger partial charge in [-0.15, -0.1) is 0 Å². The summed E-state index contributed by atoms with van der Waals surface area (Å²) in [6.45, 7) is 1.93. The summed E-state index contributed by atoms with van der Waals surface area (Å²) in [7, 11) is 1.55. The largest absolute Gasteiger partial charge is 0.496 e. The van der Waals surface area contributed by atoms with Crippen molar-refractivity contribution in [3.05, 3.63) is 29.3 Å². The summed E-state index contributed by atoms with van der Waals surface area (Å²) in [4.78, 5) is 23.8. The Hall–Kier alpha value is -1.84. The third kappa shape index (κ3) is 3.63. The summed E-state index contributed by atoms with van der Waals surface area (Å²) in [6.07, 6.45) is 4.02. The topological polar surface area (TPSA) is 63.6 Å². The van der Waals surface area contributed by atoms with Crippen LogP contribution in [0.4, 0.5) is 0 Å². The Kier molecular flexibility index (Phi) is 4.66. The standard InChI is InChI=1S/C17H22O4/c1-12-5-6-15(21-2)13(9-12)14(18)10-17(11-16(19)20)7-3-4-8-17/h5-6,9H,3-4,7-8,10-11H2,1-2H3,(H,19,20). The van der Waals surface area contributed by atoms with Crippen LogP contribution in [-0.2, 0) is 4.79 Å². The van der Waals surface area contributed by atoms with E-state index in [9.17, 15) is 9.59 Å². The Labute approximate surface area is 125 Å². The molecule has 0 unspecified atom stereocenters. The van der Waals surface area contributed by atoms with Gasteiger partial charge in [0.25, 0.3) is 0 Å². The second-order valence-electron chi connectivity index (χ2n) is 6.08. The lowest BCUT2D eigenvalue weighted by Gasteiger charge is -2.26. The molecule has 0 atom stereocenters. The number of carbonyl (C=O) groups excluding carboxylic acids is 1. The fourth-order valence-electron chi connectivity index (χ4n) is 3.34. The van der Waals surface area contributed by atoms with Crippen LogP contribution in [0, 0.1) is 12.3 Å². The lowest BCUT2D eigenvalue weighted by atomic mass is 9.77. The molecule has 114 valence electrons. The fourth-order valence-corrected chi connectivity index (χ4v) is 3.34. The first kappa shape index (κ1) is 15.5. The lowest BCUT2D eigenvalue weighted by Crippen LogP contribution is -2.25. The molecular formula is C17H22O4. The van der Waals surface area contributed by atoms with E-state index < -0.39 is 5.97 Å². The second-order valence-corrected chi connectivity index (χ2v) is 6.08. The van der Waals surface area contributed by atoms with Gasteiger partial charge < -0.3 is 9.84 Å². The van der Waals surface area contributed by atoms with Crippen LogP contribution in [0.3, 0.4) is 0 Å². The number of ketones is 1. The molecular weight excluding hydrogens is 268 g/mol. The molecule has 0 spiro atoms.